The fourth-order valence-electron chi connectivity index (χ4n) is 1.93. The van der Waals surface area contributed by atoms with E-state index in [4.69, 9.17) is 4.52 Å². The molecule has 0 aliphatic heterocycles. The van der Waals surface area contributed by atoms with Gasteiger partial charge >= 0.3 is 0 Å². The van der Waals surface area contributed by atoms with Crippen molar-refractivity contribution in [3.05, 3.63) is 66.1 Å². The summed E-state index contributed by atoms with van der Waals surface area (Å²) in [6, 6.07) is 12.4. The van der Waals surface area contributed by atoms with Gasteiger partial charge in [-0.1, -0.05) is 41.6 Å². The number of aromatic nitrogens is 1. The van der Waals surface area contributed by atoms with Crippen molar-refractivity contribution < 1.29 is 4.52 Å². The first kappa shape index (κ1) is 12.6. The third-order valence-corrected chi connectivity index (χ3v) is 2.70. The molecule has 1 aromatic heterocycles. The molecule has 0 fully saturated rings. The van der Waals surface area contributed by atoms with Gasteiger partial charge in [0, 0.05) is 25.7 Å². The summed E-state index contributed by atoms with van der Waals surface area (Å²) in [4.78, 5) is 2.28. The molecule has 0 aliphatic carbocycles. The average molecular weight is 242 g/mol. The van der Waals surface area contributed by atoms with Crippen LogP contribution in [0.5, 0.6) is 0 Å². The van der Waals surface area contributed by atoms with Crippen molar-refractivity contribution in [2.75, 3.05) is 6.54 Å². The molecule has 0 spiro atoms. The van der Waals surface area contributed by atoms with Crippen LogP contribution in [0, 0.1) is 6.92 Å². The van der Waals surface area contributed by atoms with E-state index >= 15 is 0 Å². The Bertz CT molecular complexity index is 490. The SMILES string of the molecule is C=CCN(Cc1ccccc1)Cc1cc(C)on1. The summed E-state index contributed by atoms with van der Waals surface area (Å²) in [5.74, 6) is 0.850. The minimum atomic E-state index is 0.776. The van der Waals surface area contributed by atoms with Crippen molar-refractivity contribution in [3.63, 3.8) is 0 Å². The highest BCUT2D eigenvalue weighted by Gasteiger charge is 2.08. The molecule has 3 nitrogen and oxygen atoms in total. The highest BCUT2D eigenvalue weighted by molar-refractivity contribution is 5.15. The maximum Gasteiger partial charge on any atom is 0.133 e. The first-order valence-corrected chi connectivity index (χ1v) is 6.07. The number of benzene rings is 1. The van der Waals surface area contributed by atoms with E-state index in [2.05, 4.69) is 40.9 Å². The van der Waals surface area contributed by atoms with Crippen LogP contribution in [0.1, 0.15) is 17.0 Å². The second-order valence-corrected chi connectivity index (χ2v) is 4.37. The fourth-order valence-corrected chi connectivity index (χ4v) is 1.93. The number of hydrogen-bond donors (Lipinski definition) is 0. The Morgan fingerprint density at radius 1 is 1.28 bits per heavy atom. The molecular formula is C15H18N2O. The van der Waals surface area contributed by atoms with Crippen LogP contribution in [0.3, 0.4) is 0 Å². The maximum atomic E-state index is 5.09. The van der Waals surface area contributed by atoms with Gasteiger partial charge in [-0.25, -0.2) is 0 Å². The average Bonchev–Trinajstić information content (AvgIpc) is 2.76. The van der Waals surface area contributed by atoms with Gasteiger partial charge in [0.05, 0.1) is 5.69 Å². The maximum absolute atomic E-state index is 5.09. The van der Waals surface area contributed by atoms with E-state index < -0.39 is 0 Å². The van der Waals surface area contributed by atoms with Gasteiger partial charge in [-0.2, -0.15) is 0 Å². The van der Waals surface area contributed by atoms with Crippen LogP contribution in [-0.4, -0.2) is 16.6 Å². The van der Waals surface area contributed by atoms with Crippen molar-refractivity contribution >= 4 is 0 Å². The van der Waals surface area contributed by atoms with Gasteiger partial charge in [-0.05, 0) is 12.5 Å². The topological polar surface area (TPSA) is 29.3 Å². The van der Waals surface area contributed by atoms with Crippen LogP contribution in [0.2, 0.25) is 0 Å². The Kier molecular flexibility index (Phi) is 4.31. The summed E-state index contributed by atoms with van der Waals surface area (Å²) in [5.41, 5.74) is 2.25. The van der Waals surface area contributed by atoms with Crippen LogP contribution in [0.4, 0.5) is 0 Å². The Hall–Kier alpha value is -1.87. The zero-order valence-corrected chi connectivity index (χ0v) is 10.7. The number of hydrogen-bond acceptors (Lipinski definition) is 3. The molecule has 2 rings (SSSR count). The molecule has 0 amide bonds. The zero-order chi connectivity index (χ0) is 12.8. The zero-order valence-electron chi connectivity index (χ0n) is 10.7. The fraction of sp³-hybridized carbons (Fsp3) is 0.267. The minimum absolute atomic E-state index is 0.776. The molecule has 0 atom stereocenters. The summed E-state index contributed by atoms with van der Waals surface area (Å²) >= 11 is 0. The van der Waals surface area contributed by atoms with Crippen molar-refractivity contribution in [3.8, 4) is 0 Å². The quantitative estimate of drug-likeness (QED) is 0.729. The third kappa shape index (κ3) is 3.57. The summed E-state index contributed by atoms with van der Waals surface area (Å²) in [5, 5.41) is 4.03. The Balaban J connectivity index is 2.02. The minimum Gasteiger partial charge on any atom is -0.361 e. The molecule has 0 aliphatic rings. The lowest BCUT2D eigenvalue weighted by molar-refractivity contribution is 0.274. The molecule has 18 heavy (non-hydrogen) atoms. The molecular weight excluding hydrogens is 224 g/mol. The van der Waals surface area contributed by atoms with Gasteiger partial charge in [0.15, 0.2) is 0 Å². The van der Waals surface area contributed by atoms with E-state index in [1.807, 2.05) is 25.1 Å². The predicted molar refractivity (Wildman–Crippen MR) is 72.0 cm³/mol. The second-order valence-electron chi connectivity index (χ2n) is 4.37. The standard InChI is InChI=1S/C15H18N2O/c1-3-9-17(11-14-7-5-4-6-8-14)12-15-10-13(2)18-16-15/h3-8,10H,1,9,11-12H2,2H3. The number of aryl methyl sites for hydroxylation is 1. The Labute approximate surface area is 108 Å². The van der Waals surface area contributed by atoms with E-state index in [1.165, 1.54) is 5.56 Å². The summed E-state index contributed by atoms with van der Waals surface area (Å²) in [6.45, 7) is 8.21. The molecule has 1 heterocycles. The molecule has 0 saturated carbocycles. The van der Waals surface area contributed by atoms with Gasteiger partial charge < -0.3 is 4.52 Å². The lowest BCUT2D eigenvalue weighted by Gasteiger charge is -2.19. The molecule has 0 unspecified atom stereocenters. The van der Waals surface area contributed by atoms with E-state index in [0.29, 0.717) is 0 Å². The van der Waals surface area contributed by atoms with E-state index in [-0.39, 0.29) is 0 Å². The van der Waals surface area contributed by atoms with Gasteiger partial charge in [-0.3, -0.25) is 4.90 Å². The third-order valence-electron chi connectivity index (χ3n) is 2.70. The van der Waals surface area contributed by atoms with Crippen molar-refractivity contribution in [2.45, 2.75) is 20.0 Å². The van der Waals surface area contributed by atoms with Crippen molar-refractivity contribution in [1.29, 1.82) is 0 Å². The molecule has 3 heteroatoms. The highest BCUT2D eigenvalue weighted by Crippen LogP contribution is 2.10. The van der Waals surface area contributed by atoms with Crippen LogP contribution >= 0.6 is 0 Å². The normalized spacial score (nSPS) is 10.8. The van der Waals surface area contributed by atoms with E-state index in [9.17, 15) is 0 Å². The summed E-state index contributed by atoms with van der Waals surface area (Å²) < 4.78 is 5.09. The molecule has 2 aromatic rings. The molecule has 0 radical (unpaired) electrons. The Morgan fingerprint density at radius 2 is 2.06 bits per heavy atom. The molecule has 1 aromatic carbocycles. The molecule has 0 bridgehead atoms. The first-order chi connectivity index (χ1) is 8.78. The molecule has 0 N–H and O–H groups in total. The number of rotatable bonds is 6. The molecule has 94 valence electrons. The second kappa shape index (κ2) is 6.17. The first-order valence-electron chi connectivity index (χ1n) is 6.07. The lowest BCUT2D eigenvalue weighted by atomic mass is 10.2. The van der Waals surface area contributed by atoms with Crippen molar-refractivity contribution in [2.24, 2.45) is 0 Å². The lowest BCUT2D eigenvalue weighted by Crippen LogP contribution is -2.22. The summed E-state index contributed by atoms with van der Waals surface area (Å²) in [6.07, 6.45) is 1.91. The van der Waals surface area contributed by atoms with Crippen LogP contribution in [0.15, 0.2) is 53.6 Å². The predicted octanol–water partition coefficient (Wildman–Crippen LogP) is 3.17. The largest absolute Gasteiger partial charge is 0.361 e. The van der Waals surface area contributed by atoms with Crippen LogP contribution < -0.4 is 0 Å². The van der Waals surface area contributed by atoms with Gasteiger partial charge in [0.2, 0.25) is 0 Å². The number of nitrogens with zero attached hydrogens (tertiary/aromatic N) is 2. The monoisotopic (exact) mass is 242 g/mol. The summed E-state index contributed by atoms with van der Waals surface area (Å²) in [7, 11) is 0. The van der Waals surface area contributed by atoms with Gasteiger partial charge in [0.1, 0.15) is 5.76 Å². The Morgan fingerprint density at radius 3 is 2.67 bits per heavy atom. The smallest absolute Gasteiger partial charge is 0.133 e. The van der Waals surface area contributed by atoms with Gasteiger partial charge in [0.25, 0.3) is 0 Å². The van der Waals surface area contributed by atoms with Gasteiger partial charge in [-0.15, -0.1) is 6.58 Å². The van der Waals surface area contributed by atoms with Crippen LogP contribution in [0.25, 0.3) is 0 Å². The van der Waals surface area contributed by atoms with E-state index in [0.717, 1.165) is 31.1 Å². The van der Waals surface area contributed by atoms with E-state index in [1.54, 1.807) is 0 Å². The highest BCUT2D eigenvalue weighted by atomic mass is 16.5. The molecule has 0 saturated heterocycles. The van der Waals surface area contributed by atoms with Crippen molar-refractivity contribution in [1.82, 2.24) is 10.1 Å². The van der Waals surface area contributed by atoms with Crippen LogP contribution in [-0.2, 0) is 13.1 Å².